The van der Waals surface area contributed by atoms with Gasteiger partial charge < -0.3 is 29.1 Å². The van der Waals surface area contributed by atoms with Crippen LogP contribution in [0.3, 0.4) is 0 Å². The van der Waals surface area contributed by atoms with Crippen LogP contribution in [0.25, 0.3) is 10.8 Å². The first-order chi connectivity index (χ1) is 13.6. The summed E-state index contributed by atoms with van der Waals surface area (Å²) < 4.78 is 28.7. The van der Waals surface area contributed by atoms with Crippen molar-refractivity contribution in [3.05, 3.63) is 35.4 Å². The second kappa shape index (κ2) is 9.99. The molecule has 2 rings (SSSR count). The van der Waals surface area contributed by atoms with Gasteiger partial charge in [-0.1, -0.05) is 6.08 Å². The second-order valence-electron chi connectivity index (χ2n) is 6.19. The lowest BCUT2D eigenvalue weighted by molar-refractivity contribution is 0.0628. The molecule has 2 aromatic rings. The monoisotopic (exact) mass is 387 g/mol. The zero-order valence-corrected chi connectivity index (χ0v) is 17.4. The summed E-state index contributed by atoms with van der Waals surface area (Å²) in [4.78, 5) is 0. The van der Waals surface area contributed by atoms with E-state index in [1.54, 1.807) is 28.4 Å². The summed E-state index contributed by atoms with van der Waals surface area (Å²) in [5, 5.41) is 8.96. The number of hydrogen-bond acceptors (Lipinski definition) is 6. The molecule has 28 heavy (non-hydrogen) atoms. The Labute approximate surface area is 166 Å². The first kappa shape index (κ1) is 21.6. The SMILES string of the molecule is CCOC(CC=C(C)C=N)c1cc(OC)c2c(OC)ccc(OC)c2c1OC. The third kappa shape index (κ3) is 4.22. The van der Waals surface area contributed by atoms with Crippen molar-refractivity contribution >= 4 is 17.0 Å². The summed E-state index contributed by atoms with van der Waals surface area (Å²) in [6.07, 6.45) is 3.65. The third-order valence-electron chi connectivity index (χ3n) is 4.61. The molecule has 0 aliphatic carbocycles. The zero-order valence-electron chi connectivity index (χ0n) is 17.4. The van der Waals surface area contributed by atoms with E-state index in [4.69, 9.17) is 29.1 Å². The molecule has 0 spiro atoms. The smallest absolute Gasteiger partial charge is 0.136 e. The fourth-order valence-electron chi connectivity index (χ4n) is 3.26. The summed E-state index contributed by atoms with van der Waals surface area (Å²) in [6.45, 7) is 4.39. The number of fused-ring (bicyclic) bond motifs is 1. The first-order valence-electron chi connectivity index (χ1n) is 9.14. The molecule has 0 aliphatic rings. The molecule has 0 amide bonds. The average Bonchev–Trinajstić information content (AvgIpc) is 2.74. The molecular weight excluding hydrogens is 358 g/mol. The predicted octanol–water partition coefficient (Wildman–Crippen LogP) is 4.94. The molecule has 1 atom stereocenters. The topological polar surface area (TPSA) is 70.0 Å². The van der Waals surface area contributed by atoms with Gasteiger partial charge in [0.25, 0.3) is 0 Å². The Balaban J connectivity index is 2.82. The number of ether oxygens (including phenoxy) is 5. The summed E-state index contributed by atoms with van der Waals surface area (Å²) in [5.41, 5.74) is 1.73. The molecule has 0 saturated heterocycles. The first-order valence-corrected chi connectivity index (χ1v) is 9.14. The van der Waals surface area contributed by atoms with Crippen LogP contribution in [0.15, 0.2) is 29.8 Å². The molecule has 0 bridgehead atoms. The molecule has 2 aromatic carbocycles. The van der Waals surface area contributed by atoms with E-state index in [1.165, 1.54) is 6.21 Å². The molecule has 0 fully saturated rings. The Morgan fingerprint density at radius 1 is 0.964 bits per heavy atom. The second-order valence-corrected chi connectivity index (χ2v) is 6.19. The minimum absolute atomic E-state index is 0.260. The highest BCUT2D eigenvalue weighted by molar-refractivity contribution is 6.03. The maximum absolute atomic E-state index is 7.40. The minimum atomic E-state index is -0.260. The molecule has 0 aromatic heterocycles. The van der Waals surface area contributed by atoms with Gasteiger partial charge in [-0.3, -0.25) is 0 Å². The average molecular weight is 387 g/mol. The summed E-state index contributed by atoms with van der Waals surface area (Å²) in [6, 6.07) is 5.62. The number of allylic oxidation sites excluding steroid dienone is 1. The summed E-state index contributed by atoms with van der Waals surface area (Å²) >= 11 is 0. The lowest BCUT2D eigenvalue weighted by Gasteiger charge is -2.23. The van der Waals surface area contributed by atoms with Gasteiger partial charge in [0.2, 0.25) is 0 Å². The van der Waals surface area contributed by atoms with Gasteiger partial charge in [-0.05, 0) is 44.0 Å². The van der Waals surface area contributed by atoms with Gasteiger partial charge in [-0.15, -0.1) is 0 Å². The molecule has 0 heterocycles. The highest BCUT2D eigenvalue weighted by Gasteiger charge is 2.25. The van der Waals surface area contributed by atoms with E-state index in [-0.39, 0.29) is 6.10 Å². The molecule has 152 valence electrons. The lowest BCUT2D eigenvalue weighted by atomic mass is 9.97. The maximum atomic E-state index is 7.40. The quantitative estimate of drug-likeness (QED) is 0.585. The normalized spacial score (nSPS) is 12.6. The fraction of sp³-hybridized carbons (Fsp3) is 0.409. The van der Waals surface area contributed by atoms with Crippen LogP contribution in [0, 0.1) is 5.41 Å². The number of benzene rings is 2. The van der Waals surface area contributed by atoms with Gasteiger partial charge in [-0.2, -0.15) is 0 Å². The van der Waals surface area contributed by atoms with Crippen molar-refractivity contribution in [2.24, 2.45) is 0 Å². The third-order valence-corrected chi connectivity index (χ3v) is 4.61. The van der Waals surface area contributed by atoms with E-state index in [1.807, 2.05) is 38.1 Å². The summed E-state index contributed by atoms with van der Waals surface area (Å²) in [7, 11) is 6.50. The number of nitrogens with one attached hydrogen (secondary N) is 1. The van der Waals surface area contributed by atoms with Crippen LogP contribution in [0.2, 0.25) is 0 Å². The van der Waals surface area contributed by atoms with Gasteiger partial charge in [0, 0.05) is 18.4 Å². The molecular formula is C22H29NO5. The van der Waals surface area contributed by atoms with Crippen LogP contribution in [-0.2, 0) is 4.74 Å². The Kier molecular flexibility index (Phi) is 7.70. The van der Waals surface area contributed by atoms with Gasteiger partial charge in [0.05, 0.1) is 45.3 Å². The Bertz CT molecular complexity index is 860. The standard InChI is InChI=1S/C22H29NO5/c1-7-28-16(9-8-14(2)13-23)15-12-19(26-5)20-17(24-3)10-11-18(25-4)21(20)22(15)27-6/h8,10-13,16,23H,7,9H2,1-6H3. The molecule has 1 unspecified atom stereocenters. The van der Waals surface area contributed by atoms with E-state index in [2.05, 4.69) is 0 Å². The van der Waals surface area contributed by atoms with Gasteiger partial charge in [0.15, 0.2) is 0 Å². The van der Waals surface area contributed by atoms with Crippen LogP contribution in [-0.4, -0.2) is 41.3 Å². The molecule has 1 N–H and O–H groups in total. The van der Waals surface area contributed by atoms with Crippen LogP contribution in [0.1, 0.15) is 31.9 Å². The molecule has 0 saturated carbocycles. The van der Waals surface area contributed by atoms with Crippen molar-refractivity contribution in [1.29, 1.82) is 5.41 Å². The van der Waals surface area contributed by atoms with Gasteiger partial charge >= 0.3 is 0 Å². The predicted molar refractivity (Wildman–Crippen MR) is 112 cm³/mol. The highest BCUT2D eigenvalue weighted by Crippen LogP contribution is 2.48. The largest absolute Gasteiger partial charge is 0.496 e. The highest BCUT2D eigenvalue weighted by atomic mass is 16.5. The van der Waals surface area contributed by atoms with Crippen molar-refractivity contribution < 1.29 is 23.7 Å². The molecule has 0 aliphatic heterocycles. The van der Waals surface area contributed by atoms with Crippen LogP contribution in [0.4, 0.5) is 0 Å². The van der Waals surface area contributed by atoms with Crippen molar-refractivity contribution in [1.82, 2.24) is 0 Å². The number of hydrogen-bond donors (Lipinski definition) is 1. The Morgan fingerprint density at radius 3 is 2.07 bits per heavy atom. The van der Waals surface area contributed by atoms with E-state index in [0.29, 0.717) is 36.0 Å². The van der Waals surface area contributed by atoms with Crippen LogP contribution < -0.4 is 18.9 Å². The van der Waals surface area contributed by atoms with E-state index >= 15 is 0 Å². The Morgan fingerprint density at radius 2 is 1.57 bits per heavy atom. The van der Waals surface area contributed by atoms with Crippen LogP contribution >= 0.6 is 0 Å². The van der Waals surface area contributed by atoms with Crippen molar-refractivity contribution in [3.63, 3.8) is 0 Å². The molecule has 6 heteroatoms. The summed E-state index contributed by atoms with van der Waals surface area (Å²) in [5.74, 6) is 2.64. The van der Waals surface area contributed by atoms with Crippen LogP contribution in [0.5, 0.6) is 23.0 Å². The van der Waals surface area contributed by atoms with E-state index in [0.717, 1.165) is 21.9 Å². The van der Waals surface area contributed by atoms with Gasteiger partial charge in [0.1, 0.15) is 23.0 Å². The number of methoxy groups -OCH3 is 4. The Hall–Kier alpha value is -2.73. The maximum Gasteiger partial charge on any atom is 0.136 e. The van der Waals surface area contributed by atoms with E-state index < -0.39 is 0 Å². The lowest BCUT2D eigenvalue weighted by Crippen LogP contribution is -2.08. The molecule has 0 radical (unpaired) electrons. The van der Waals surface area contributed by atoms with Crippen molar-refractivity contribution in [2.75, 3.05) is 35.0 Å². The minimum Gasteiger partial charge on any atom is -0.496 e. The molecule has 6 nitrogen and oxygen atoms in total. The fourth-order valence-corrected chi connectivity index (χ4v) is 3.26. The van der Waals surface area contributed by atoms with Crippen molar-refractivity contribution in [2.45, 2.75) is 26.4 Å². The van der Waals surface area contributed by atoms with Crippen molar-refractivity contribution in [3.8, 4) is 23.0 Å². The van der Waals surface area contributed by atoms with Gasteiger partial charge in [-0.25, -0.2) is 0 Å². The zero-order chi connectivity index (χ0) is 20.7. The van der Waals surface area contributed by atoms with E-state index in [9.17, 15) is 0 Å². The number of rotatable bonds is 10.